The number of ether oxygens (including phenoxy) is 1. The fourth-order valence-electron chi connectivity index (χ4n) is 1.15. The molecule has 1 N–H and O–H groups in total. The van der Waals surface area contributed by atoms with Crippen LogP contribution in [-0.2, 0) is 0 Å². The van der Waals surface area contributed by atoms with Gasteiger partial charge in [-0.25, -0.2) is 4.79 Å². The minimum absolute atomic E-state index is 0.0991. The topological polar surface area (TPSA) is 113 Å². The maximum absolute atomic E-state index is 10.8. The van der Waals surface area contributed by atoms with E-state index in [1.54, 1.807) is 6.07 Å². The Kier molecular flexibility index (Phi) is 3.62. The van der Waals surface area contributed by atoms with Crippen LogP contribution in [0.3, 0.4) is 0 Å². The molecule has 17 heavy (non-hydrogen) atoms. The summed E-state index contributed by atoms with van der Waals surface area (Å²) >= 11 is 0. The first kappa shape index (κ1) is 12.4. The largest absolute Gasteiger partial charge is 0.477 e. The fourth-order valence-corrected chi connectivity index (χ4v) is 1.15. The quantitative estimate of drug-likeness (QED) is 0.627. The van der Waals surface area contributed by atoms with Gasteiger partial charge in [-0.15, -0.1) is 0 Å². The summed E-state index contributed by atoms with van der Waals surface area (Å²) in [5, 5.41) is 27.9. The van der Waals surface area contributed by atoms with Crippen molar-refractivity contribution in [3.05, 3.63) is 33.9 Å². The van der Waals surface area contributed by atoms with Gasteiger partial charge in [0.25, 0.3) is 5.69 Å². The summed E-state index contributed by atoms with van der Waals surface area (Å²) in [6.45, 7) is 1.47. The highest BCUT2D eigenvalue weighted by molar-refractivity contribution is 5.92. The third-order valence-electron chi connectivity index (χ3n) is 1.89. The zero-order valence-electron chi connectivity index (χ0n) is 8.78. The van der Waals surface area contributed by atoms with Crippen molar-refractivity contribution >= 4 is 11.7 Å². The van der Waals surface area contributed by atoms with E-state index in [-0.39, 0.29) is 5.75 Å². The standard InChI is InChI=1S/C10H8N2O5/c1-6(5-11)17-7-2-3-9(12(15)16)8(4-7)10(13)14/h2-4,6H,1H3,(H,13,14). The first-order valence-electron chi connectivity index (χ1n) is 4.53. The van der Waals surface area contributed by atoms with Gasteiger partial charge in [-0.2, -0.15) is 5.26 Å². The Morgan fingerprint density at radius 1 is 1.65 bits per heavy atom. The molecule has 0 fully saturated rings. The Balaban J connectivity index is 3.15. The number of carboxylic acids is 1. The van der Waals surface area contributed by atoms with Gasteiger partial charge in [0.15, 0.2) is 6.10 Å². The van der Waals surface area contributed by atoms with Crippen molar-refractivity contribution in [2.75, 3.05) is 0 Å². The smallest absolute Gasteiger partial charge is 0.342 e. The predicted octanol–water partition coefficient (Wildman–Crippen LogP) is 1.58. The summed E-state index contributed by atoms with van der Waals surface area (Å²) in [7, 11) is 0. The molecular weight excluding hydrogens is 228 g/mol. The first-order chi connectivity index (χ1) is 7.95. The van der Waals surface area contributed by atoms with E-state index in [9.17, 15) is 14.9 Å². The highest BCUT2D eigenvalue weighted by Crippen LogP contribution is 2.24. The summed E-state index contributed by atoms with van der Waals surface area (Å²) in [6, 6.07) is 5.10. The molecule has 0 aliphatic carbocycles. The Bertz CT molecular complexity index is 506. The average molecular weight is 236 g/mol. The molecule has 0 spiro atoms. The van der Waals surface area contributed by atoms with Gasteiger partial charge in [-0.1, -0.05) is 0 Å². The van der Waals surface area contributed by atoms with Crippen LogP contribution in [0.2, 0.25) is 0 Å². The molecule has 1 aromatic rings. The summed E-state index contributed by atoms with van der Waals surface area (Å²) in [6.07, 6.45) is -0.766. The van der Waals surface area contributed by atoms with Gasteiger partial charge in [0, 0.05) is 12.1 Å². The Labute approximate surface area is 96.0 Å². The molecular formula is C10H8N2O5. The van der Waals surface area contributed by atoms with E-state index < -0.39 is 28.2 Å². The lowest BCUT2D eigenvalue weighted by molar-refractivity contribution is -0.385. The number of nitriles is 1. The van der Waals surface area contributed by atoms with E-state index in [0.717, 1.165) is 12.1 Å². The van der Waals surface area contributed by atoms with Crippen molar-refractivity contribution < 1.29 is 19.6 Å². The highest BCUT2D eigenvalue weighted by atomic mass is 16.6. The molecule has 1 unspecified atom stereocenters. The van der Waals surface area contributed by atoms with Gasteiger partial charge in [0.2, 0.25) is 0 Å². The normalized spacial score (nSPS) is 11.3. The molecule has 0 saturated heterocycles. The van der Waals surface area contributed by atoms with Gasteiger partial charge in [-0.3, -0.25) is 10.1 Å². The third-order valence-corrected chi connectivity index (χ3v) is 1.89. The second-order valence-electron chi connectivity index (χ2n) is 3.13. The molecule has 0 aromatic heterocycles. The molecule has 1 aromatic carbocycles. The van der Waals surface area contributed by atoms with Crippen molar-refractivity contribution in [3.8, 4) is 11.8 Å². The van der Waals surface area contributed by atoms with Gasteiger partial charge >= 0.3 is 5.97 Å². The van der Waals surface area contributed by atoms with Crippen LogP contribution < -0.4 is 4.74 Å². The number of benzene rings is 1. The van der Waals surface area contributed by atoms with Crippen LogP contribution in [-0.4, -0.2) is 22.1 Å². The summed E-state index contributed by atoms with van der Waals surface area (Å²) in [5.41, 5.74) is -0.993. The van der Waals surface area contributed by atoms with E-state index in [1.807, 2.05) is 0 Å². The van der Waals surface area contributed by atoms with E-state index >= 15 is 0 Å². The van der Waals surface area contributed by atoms with Gasteiger partial charge in [0.1, 0.15) is 17.4 Å². The minimum atomic E-state index is -1.42. The zero-order chi connectivity index (χ0) is 13.0. The van der Waals surface area contributed by atoms with Gasteiger partial charge < -0.3 is 9.84 Å². The molecule has 0 amide bonds. The van der Waals surface area contributed by atoms with Crippen molar-refractivity contribution in [1.29, 1.82) is 5.26 Å². The van der Waals surface area contributed by atoms with Crippen LogP contribution in [0, 0.1) is 21.4 Å². The molecule has 7 heteroatoms. The lowest BCUT2D eigenvalue weighted by Gasteiger charge is -2.08. The number of nitro groups is 1. The highest BCUT2D eigenvalue weighted by Gasteiger charge is 2.20. The molecule has 0 bridgehead atoms. The Hall–Kier alpha value is -2.62. The maximum Gasteiger partial charge on any atom is 0.342 e. The Morgan fingerprint density at radius 2 is 2.29 bits per heavy atom. The summed E-state index contributed by atoms with van der Waals surface area (Å²) in [5.74, 6) is -1.33. The van der Waals surface area contributed by atoms with Crippen molar-refractivity contribution in [3.63, 3.8) is 0 Å². The van der Waals surface area contributed by atoms with Crippen molar-refractivity contribution in [2.45, 2.75) is 13.0 Å². The second-order valence-corrected chi connectivity index (χ2v) is 3.13. The second kappa shape index (κ2) is 4.94. The summed E-state index contributed by atoms with van der Waals surface area (Å²) in [4.78, 5) is 20.6. The number of aromatic carboxylic acids is 1. The van der Waals surface area contributed by atoms with Gasteiger partial charge in [0.05, 0.1) is 4.92 Å². The number of nitro benzene ring substituents is 1. The number of hydrogen-bond donors (Lipinski definition) is 1. The SMILES string of the molecule is CC(C#N)Oc1ccc([N+](=O)[O-])c(C(=O)O)c1. The Morgan fingerprint density at radius 3 is 2.76 bits per heavy atom. The lowest BCUT2D eigenvalue weighted by atomic mass is 10.1. The fraction of sp³-hybridized carbons (Fsp3) is 0.200. The van der Waals surface area contributed by atoms with Crippen LogP contribution in [0.1, 0.15) is 17.3 Å². The van der Waals surface area contributed by atoms with E-state index in [4.69, 9.17) is 15.1 Å². The van der Waals surface area contributed by atoms with Crippen LogP contribution in [0.25, 0.3) is 0 Å². The molecule has 1 rings (SSSR count). The molecule has 88 valence electrons. The van der Waals surface area contributed by atoms with Crippen molar-refractivity contribution in [1.82, 2.24) is 0 Å². The van der Waals surface area contributed by atoms with Gasteiger partial charge in [-0.05, 0) is 13.0 Å². The van der Waals surface area contributed by atoms with Crippen LogP contribution in [0.4, 0.5) is 5.69 Å². The molecule has 0 aliphatic rings. The average Bonchev–Trinajstić information content (AvgIpc) is 2.28. The van der Waals surface area contributed by atoms with Crippen LogP contribution in [0.5, 0.6) is 5.75 Å². The van der Waals surface area contributed by atoms with Crippen molar-refractivity contribution in [2.24, 2.45) is 0 Å². The molecule has 0 heterocycles. The van der Waals surface area contributed by atoms with Crippen LogP contribution in [0.15, 0.2) is 18.2 Å². The summed E-state index contributed by atoms with van der Waals surface area (Å²) < 4.78 is 5.04. The minimum Gasteiger partial charge on any atom is -0.477 e. The number of hydrogen-bond acceptors (Lipinski definition) is 5. The molecule has 7 nitrogen and oxygen atoms in total. The molecule has 0 aliphatic heterocycles. The monoisotopic (exact) mass is 236 g/mol. The number of nitrogens with zero attached hydrogens (tertiary/aromatic N) is 2. The lowest BCUT2D eigenvalue weighted by Crippen LogP contribution is -2.09. The zero-order valence-corrected chi connectivity index (χ0v) is 8.78. The number of carbonyl (C=O) groups is 1. The van der Waals surface area contributed by atoms with E-state index in [0.29, 0.717) is 0 Å². The molecule has 0 saturated carbocycles. The number of rotatable bonds is 4. The molecule has 1 atom stereocenters. The first-order valence-corrected chi connectivity index (χ1v) is 4.53. The molecule has 0 radical (unpaired) electrons. The third kappa shape index (κ3) is 2.92. The predicted molar refractivity (Wildman–Crippen MR) is 55.8 cm³/mol. The maximum atomic E-state index is 10.8. The van der Waals surface area contributed by atoms with E-state index in [1.165, 1.54) is 13.0 Å². The van der Waals surface area contributed by atoms with E-state index in [2.05, 4.69) is 0 Å². The van der Waals surface area contributed by atoms with Crippen LogP contribution >= 0.6 is 0 Å². The number of carboxylic acid groups (broad SMARTS) is 1.